The highest BCUT2D eigenvalue weighted by Gasteiger charge is 2.30. The maximum absolute atomic E-state index is 12.0. The van der Waals surface area contributed by atoms with Crippen LogP contribution in [0, 0.1) is 0 Å². The number of rotatable bonds is 3. The molecule has 1 fully saturated rings. The third-order valence-electron chi connectivity index (χ3n) is 3.14. The second-order valence-corrected chi connectivity index (χ2v) is 6.13. The Labute approximate surface area is 125 Å². The third-order valence-corrected chi connectivity index (χ3v) is 3.14. The molecular formula is C16H23NO4. The fourth-order valence-electron chi connectivity index (χ4n) is 2.18. The van der Waals surface area contributed by atoms with Gasteiger partial charge in [-0.15, -0.1) is 0 Å². The Hall–Kier alpha value is -1.91. The molecule has 0 radical (unpaired) electrons. The lowest BCUT2D eigenvalue weighted by Gasteiger charge is -2.24. The molecule has 0 unspecified atom stereocenters. The molecular weight excluding hydrogens is 270 g/mol. The van der Waals surface area contributed by atoms with Crippen LogP contribution in [0.4, 0.5) is 4.79 Å². The van der Waals surface area contributed by atoms with Crippen LogP contribution in [-0.2, 0) is 4.74 Å². The topological polar surface area (TPSA) is 48.0 Å². The Morgan fingerprint density at radius 2 is 2.00 bits per heavy atom. The van der Waals surface area contributed by atoms with Crippen molar-refractivity contribution in [2.45, 2.75) is 38.9 Å². The van der Waals surface area contributed by atoms with Gasteiger partial charge in [0.25, 0.3) is 0 Å². The van der Waals surface area contributed by atoms with Crippen molar-refractivity contribution < 1.29 is 19.0 Å². The number of likely N-dealkylation sites (tertiary alicyclic amines) is 1. The molecule has 0 aliphatic carbocycles. The van der Waals surface area contributed by atoms with E-state index in [1.165, 1.54) is 0 Å². The Kier molecular flexibility index (Phi) is 4.60. The lowest BCUT2D eigenvalue weighted by atomic mass is 10.2. The number of hydrogen-bond acceptors (Lipinski definition) is 4. The lowest BCUT2D eigenvalue weighted by molar-refractivity contribution is 0.0275. The molecule has 21 heavy (non-hydrogen) atoms. The Morgan fingerprint density at radius 3 is 2.67 bits per heavy atom. The van der Waals surface area contributed by atoms with Crippen LogP contribution in [0.3, 0.4) is 0 Å². The van der Waals surface area contributed by atoms with E-state index in [0.29, 0.717) is 13.1 Å². The maximum Gasteiger partial charge on any atom is 0.410 e. The SMILES string of the molecule is COc1cccc(O[C@H]2CCN(C(=O)OC(C)(C)C)C2)c1. The van der Waals surface area contributed by atoms with Gasteiger partial charge in [0.15, 0.2) is 0 Å². The molecule has 1 aliphatic heterocycles. The Bertz CT molecular complexity index is 495. The number of ether oxygens (including phenoxy) is 3. The number of carbonyl (C=O) groups is 1. The summed E-state index contributed by atoms with van der Waals surface area (Å²) in [6.07, 6.45) is 0.514. The maximum atomic E-state index is 12.0. The van der Waals surface area contributed by atoms with E-state index in [9.17, 15) is 4.79 Å². The number of amides is 1. The van der Waals surface area contributed by atoms with E-state index in [2.05, 4.69) is 0 Å². The average Bonchev–Trinajstić information content (AvgIpc) is 2.85. The number of methoxy groups -OCH3 is 1. The van der Waals surface area contributed by atoms with Gasteiger partial charge in [-0.3, -0.25) is 0 Å². The molecule has 2 rings (SSSR count). The number of benzene rings is 1. The van der Waals surface area contributed by atoms with Gasteiger partial charge in [0.05, 0.1) is 13.7 Å². The predicted octanol–water partition coefficient (Wildman–Crippen LogP) is 3.08. The van der Waals surface area contributed by atoms with E-state index in [1.807, 2.05) is 45.0 Å². The fraction of sp³-hybridized carbons (Fsp3) is 0.562. The molecule has 1 aromatic rings. The molecule has 0 saturated carbocycles. The molecule has 1 atom stereocenters. The van der Waals surface area contributed by atoms with Crippen molar-refractivity contribution in [1.29, 1.82) is 0 Å². The highest BCUT2D eigenvalue weighted by atomic mass is 16.6. The summed E-state index contributed by atoms with van der Waals surface area (Å²) < 4.78 is 16.4. The van der Waals surface area contributed by atoms with Crippen LogP contribution in [0.5, 0.6) is 11.5 Å². The molecule has 0 spiro atoms. The summed E-state index contributed by atoms with van der Waals surface area (Å²) >= 11 is 0. The summed E-state index contributed by atoms with van der Waals surface area (Å²) in [7, 11) is 1.62. The molecule has 0 aromatic heterocycles. The third kappa shape index (κ3) is 4.55. The molecule has 0 N–H and O–H groups in total. The molecule has 0 bridgehead atoms. The number of nitrogens with zero attached hydrogens (tertiary/aromatic N) is 1. The van der Waals surface area contributed by atoms with Crippen molar-refractivity contribution in [2.24, 2.45) is 0 Å². The minimum atomic E-state index is -0.469. The van der Waals surface area contributed by atoms with Crippen LogP contribution in [0.2, 0.25) is 0 Å². The first kappa shape index (κ1) is 15.5. The zero-order valence-electron chi connectivity index (χ0n) is 13.1. The van der Waals surface area contributed by atoms with Gasteiger partial charge in [-0.2, -0.15) is 0 Å². The largest absolute Gasteiger partial charge is 0.497 e. The first-order valence-electron chi connectivity index (χ1n) is 7.16. The van der Waals surface area contributed by atoms with Crippen LogP contribution < -0.4 is 9.47 Å². The number of hydrogen-bond donors (Lipinski definition) is 0. The molecule has 1 aliphatic rings. The molecule has 1 heterocycles. The fourth-order valence-corrected chi connectivity index (χ4v) is 2.18. The van der Waals surface area contributed by atoms with Gasteiger partial charge in [-0.05, 0) is 32.9 Å². The second kappa shape index (κ2) is 6.24. The summed E-state index contributed by atoms with van der Waals surface area (Å²) in [6.45, 7) is 6.80. The predicted molar refractivity (Wildman–Crippen MR) is 79.8 cm³/mol. The van der Waals surface area contributed by atoms with E-state index in [1.54, 1.807) is 12.0 Å². The minimum absolute atomic E-state index is 0.00961. The molecule has 1 amide bonds. The van der Waals surface area contributed by atoms with Crippen molar-refractivity contribution in [3.8, 4) is 11.5 Å². The summed E-state index contributed by atoms with van der Waals surface area (Å²) in [6, 6.07) is 7.48. The second-order valence-electron chi connectivity index (χ2n) is 6.13. The van der Waals surface area contributed by atoms with Crippen molar-refractivity contribution in [3.05, 3.63) is 24.3 Å². The van der Waals surface area contributed by atoms with E-state index < -0.39 is 5.60 Å². The minimum Gasteiger partial charge on any atom is -0.497 e. The first-order chi connectivity index (χ1) is 9.87. The molecule has 5 nitrogen and oxygen atoms in total. The van der Waals surface area contributed by atoms with Gasteiger partial charge >= 0.3 is 6.09 Å². The van der Waals surface area contributed by atoms with Crippen molar-refractivity contribution in [2.75, 3.05) is 20.2 Å². The summed E-state index contributed by atoms with van der Waals surface area (Å²) in [5.41, 5.74) is -0.469. The van der Waals surface area contributed by atoms with Gasteiger partial charge in [-0.25, -0.2) is 4.79 Å². The average molecular weight is 293 g/mol. The molecule has 1 saturated heterocycles. The smallest absolute Gasteiger partial charge is 0.410 e. The highest BCUT2D eigenvalue weighted by molar-refractivity contribution is 5.68. The first-order valence-corrected chi connectivity index (χ1v) is 7.16. The van der Waals surface area contributed by atoms with Crippen molar-refractivity contribution >= 4 is 6.09 Å². The van der Waals surface area contributed by atoms with Gasteiger partial charge in [-0.1, -0.05) is 6.07 Å². The zero-order chi connectivity index (χ0) is 15.5. The van der Waals surface area contributed by atoms with E-state index in [4.69, 9.17) is 14.2 Å². The molecule has 116 valence electrons. The monoisotopic (exact) mass is 293 g/mol. The summed E-state index contributed by atoms with van der Waals surface area (Å²) in [5.74, 6) is 1.51. The lowest BCUT2D eigenvalue weighted by Crippen LogP contribution is -2.36. The van der Waals surface area contributed by atoms with Gasteiger partial charge in [0.1, 0.15) is 23.2 Å². The van der Waals surface area contributed by atoms with Crippen LogP contribution >= 0.6 is 0 Å². The molecule has 1 aromatic carbocycles. The quantitative estimate of drug-likeness (QED) is 0.859. The van der Waals surface area contributed by atoms with Crippen LogP contribution in [0.1, 0.15) is 27.2 Å². The van der Waals surface area contributed by atoms with Crippen molar-refractivity contribution in [3.63, 3.8) is 0 Å². The van der Waals surface area contributed by atoms with Crippen LogP contribution in [-0.4, -0.2) is 42.9 Å². The van der Waals surface area contributed by atoms with E-state index in [-0.39, 0.29) is 12.2 Å². The Morgan fingerprint density at radius 1 is 1.29 bits per heavy atom. The van der Waals surface area contributed by atoms with Gasteiger partial charge < -0.3 is 19.1 Å². The number of carbonyl (C=O) groups excluding carboxylic acids is 1. The van der Waals surface area contributed by atoms with E-state index >= 15 is 0 Å². The van der Waals surface area contributed by atoms with Crippen molar-refractivity contribution in [1.82, 2.24) is 4.90 Å². The Balaban J connectivity index is 1.89. The molecule has 5 heteroatoms. The summed E-state index contributed by atoms with van der Waals surface area (Å²) in [4.78, 5) is 13.7. The highest BCUT2D eigenvalue weighted by Crippen LogP contribution is 2.23. The standard InChI is InChI=1S/C16H23NO4/c1-16(2,3)21-15(18)17-9-8-14(11-17)20-13-7-5-6-12(10-13)19-4/h5-7,10,14H,8-9,11H2,1-4H3/t14-/m0/s1. The van der Waals surface area contributed by atoms with E-state index in [0.717, 1.165) is 17.9 Å². The van der Waals surface area contributed by atoms with Crippen LogP contribution in [0.15, 0.2) is 24.3 Å². The van der Waals surface area contributed by atoms with Gasteiger partial charge in [0, 0.05) is 19.0 Å². The zero-order valence-corrected chi connectivity index (χ0v) is 13.1. The normalized spacial score (nSPS) is 18.5. The summed E-state index contributed by atoms with van der Waals surface area (Å²) in [5, 5.41) is 0. The van der Waals surface area contributed by atoms with Gasteiger partial charge in [0.2, 0.25) is 0 Å². The van der Waals surface area contributed by atoms with Crippen LogP contribution in [0.25, 0.3) is 0 Å².